The number of ether oxygens (including phenoxy) is 1. The van der Waals surface area contributed by atoms with Crippen LogP contribution in [0.5, 0.6) is 5.75 Å². The molecule has 0 aromatic heterocycles. The first-order valence-corrected chi connectivity index (χ1v) is 3.98. The van der Waals surface area contributed by atoms with Gasteiger partial charge in [-0.1, -0.05) is 18.2 Å². The minimum Gasteiger partial charge on any atom is -0.544 e. The Morgan fingerprint density at radius 1 is 1.12 bits per heavy atom. The van der Waals surface area contributed by atoms with E-state index in [4.69, 9.17) is 0 Å². The van der Waals surface area contributed by atoms with Gasteiger partial charge in [0, 0.05) is 0 Å². The molecule has 0 atom stereocenters. The van der Waals surface area contributed by atoms with Gasteiger partial charge in [-0.05, 0) is 12.1 Å². The molecule has 0 saturated heterocycles. The summed E-state index contributed by atoms with van der Waals surface area (Å²) in [5.41, 5.74) is 0. The van der Waals surface area contributed by atoms with Crippen molar-refractivity contribution in [2.24, 2.45) is 0 Å². The van der Waals surface area contributed by atoms with Crippen molar-refractivity contribution < 1.29 is 101 Å². The predicted octanol–water partition coefficient (Wildman–Crippen LogP) is -1.95. The predicted molar refractivity (Wildman–Crippen MR) is 42.0 cm³/mol. The second-order valence-corrected chi connectivity index (χ2v) is 2.79. The molecule has 0 saturated carbocycles. The van der Waals surface area contributed by atoms with Gasteiger partial charge < -0.3 is 14.6 Å². The largest absolute Gasteiger partial charge is 1.00 e. The molecule has 0 heterocycles. The van der Waals surface area contributed by atoms with Gasteiger partial charge in [0.2, 0.25) is 0 Å². The van der Waals surface area contributed by atoms with Crippen LogP contribution in [0.4, 0.5) is 17.6 Å². The molecule has 88 valence electrons. The van der Waals surface area contributed by atoms with Crippen LogP contribution in [0.3, 0.4) is 0 Å². The second kappa shape index (κ2) is 6.43. The van der Waals surface area contributed by atoms with Crippen molar-refractivity contribution in [1.29, 1.82) is 0 Å². The molecule has 1 aromatic carbocycles. The third kappa shape index (κ3) is 4.14. The zero-order chi connectivity index (χ0) is 12.4. The number of hydrogen-bond acceptors (Lipinski definition) is 3. The van der Waals surface area contributed by atoms with Gasteiger partial charge >= 0.3 is 80.9 Å². The van der Waals surface area contributed by atoms with Crippen LogP contribution in [0.1, 0.15) is 0 Å². The molecule has 0 aliphatic rings. The number of rotatable bonds is 4. The number of carbonyl (C=O) groups excluding carboxylic acids is 1. The molecule has 0 N–H and O–H groups in total. The van der Waals surface area contributed by atoms with Crippen LogP contribution < -0.4 is 78.7 Å². The van der Waals surface area contributed by atoms with Gasteiger partial charge in [-0.2, -0.15) is 17.6 Å². The van der Waals surface area contributed by atoms with E-state index in [1.54, 1.807) is 0 Å². The normalized spacial score (nSPS) is 11.5. The summed E-state index contributed by atoms with van der Waals surface area (Å²) in [6.45, 7) is 0. The van der Waals surface area contributed by atoms with Crippen LogP contribution >= 0.6 is 0 Å². The van der Waals surface area contributed by atoms with Gasteiger partial charge in [-0.3, -0.25) is 0 Å². The summed E-state index contributed by atoms with van der Waals surface area (Å²) in [5.74, 6) is -9.18. The molecule has 1 rings (SSSR count). The minimum atomic E-state index is -5.40. The first kappa shape index (κ1) is 17.3. The van der Waals surface area contributed by atoms with Crippen molar-refractivity contribution in [2.45, 2.75) is 12.0 Å². The first-order valence-electron chi connectivity index (χ1n) is 3.98. The maximum Gasteiger partial charge on any atom is 1.00 e. The Hall–Kier alpha value is 0.262. The fourth-order valence-electron chi connectivity index (χ4n) is 0.819. The van der Waals surface area contributed by atoms with Crippen LogP contribution in [0, 0.1) is 0 Å². The van der Waals surface area contributed by atoms with Gasteiger partial charge in [0.15, 0.2) is 0 Å². The van der Waals surface area contributed by atoms with Crippen LogP contribution in [0.25, 0.3) is 0 Å². The number of para-hydroxylation sites is 1. The average molecular weight is 370 g/mol. The fraction of sp³-hybridized carbons (Fsp3) is 0.222. The number of aliphatic carboxylic acids is 1. The van der Waals surface area contributed by atoms with E-state index < -0.39 is 23.7 Å². The van der Waals surface area contributed by atoms with Crippen molar-refractivity contribution >= 4 is 5.97 Å². The summed E-state index contributed by atoms with van der Waals surface area (Å²) < 4.78 is 54.1. The first-order chi connectivity index (χ1) is 7.27. The Bertz CT molecular complexity index is 383. The van der Waals surface area contributed by atoms with Crippen molar-refractivity contribution in [2.75, 3.05) is 0 Å². The fourth-order valence-corrected chi connectivity index (χ4v) is 0.819. The third-order valence-electron chi connectivity index (χ3n) is 1.61. The van der Waals surface area contributed by atoms with Crippen molar-refractivity contribution in [1.82, 2.24) is 0 Å². The molecule has 0 aliphatic carbocycles. The second-order valence-electron chi connectivity index (χ2n) is 2.79. The summed E-state index contributed by atoms with van der Waals surface area (Å²) in [6.07, 6.45) is -5.17. The van der Waals surface area contributed by atoms with Gasteiger partial charge in [0.05, 0.1) is 0 Å². The van der Waals surface area contributed by atoms with E-state index in [1.807, 2.05) is 0 Å². The molecular weight excluding hydrogens is 365 g/mol. The van der Waals surface area contributed by atoms with E-state index in [-0.39, 0.29) is 68.9 Å². The Balaban J connectivity index is 0.00000256. The molecule has 0 bridgehead atoms. The van der Waals surface area contributed by atoms with Gasteiger partial charge in [-0.15, -0.1) is 0 Å². The number of carbonyl (C=O) groups is 1. The summed E-state index contributed by atoms with van der Waals surface area (Å²) >= 11 is 0. The number of alkyl halides is 4. The Morgan fingerprint density at radius 2 is 1.59 bits per heavy atom. The smallest absolute Gasteiger partial charge is 0.544 e. The van der Waals surface area contributed by atoms with E-state index in [9.17, 15) is 27.5 Å². The van der Waals surface area contributed by atoms with Crippen LogP contribution in [-0.2, 0) is 4.79 Å². The third-order valence-corrected chi connectivity index (χ3v) is 1.61. The molecule has 1 aromatic rings. The quantitative estimate of drug-likeness (QED) is 0.579. The SMILES string of the molecule is O=C([O-])C(F)(F)C(F)(F)Oc1ccccc1.[Cs+]. The molecular formula is C9H5CsF4O3. The van der Waals surface area contributed by atoms with E-state index in [1.165, 1.54) is 18.2 Å². The summed E-state index contributed by atoms with van der Waals surface area (Å²) in [5, 5.41) is 9.84. The summed E-state index contributed by atoms with van der Waals surface area (Å²) in [7, 11) is 0. The molecule has 17 heavy (non-hydrogen) atoms. The van der Waals surface area contributed by atoms with E-state index in [2.05, 4.69) is 4.74 Å². The molecule has 0 amide bonds. The standard InChI is InChI=1S/C9H6F4O3.Cs/c10-8(11,7(14)15)9(12,13)16-6-4-2-1-3-5-6;/h1-5H,(H,14,15);/q;+1/p-1. The number of carboxylic acids is 1. The Labute approximate surface area is 153 Å². The molecule has 3 nitrogen and oxygen atoms in total. The molecule has 0 fully saturated rings. The number of carboxylic acid groups (broad SMARTS) is 1. The van der Waals surface area contributed by atoms with Gasteiger partial charge in [0.1, 0.15) is 11.7 Å². The van der Waals surface area contributed by atoms with Crippen molar-refractivity contribution in [3.8, 4) is 5.75 Å². The van der Waals surface area contributed by atoms with Crippen molar-refractivity contribution in [3.05, 3.63) is 30.3 Å². The number of hydrogen-bond donors (Lipinski definition) is 0. The zero-order valence-electron chi connectivity index (χ0n) is 8.62. The zero-order valence-corrected chi connectivity index (χ0v) is 14.9. The van der Waals surface area contributed by atoms with E-state index >= 15 is 0 Å². The van der Waals surface area contributed by atoms with Crippen LogP contribution in [0.15, 0.2) is 30.3 Å². The topological polar surface area (TPSA) is 49.4 Å². The van der Waals surface area contributed by atoms with Crippen LogP contribution in [-0.4, -0.2) is 18.0 Å². The minimum absolute atomic E-state index is 0. The van der Waals surface area contributed by atoms with Gasteiger partial charge in [-0.25, -0.2) is 0 Å². The molecule has 8 heteroatoms. The molecule has 0 radical (unpaired) electrons. The average Bonchev–Trinajstić information content (AvgIpc) is 2.18. The molecule has 0 unspecified atom stereocenters. The molecule has 0 spiro atoms. The molecule has 0 aliphatic heterocycles. The number of benzene rings is 1. The Morgan fingerprint density at radius 3 is 2.00 bits per heavy atom. The maximum absolute atomic E-state index is 12.7. The van der Waals surface area contributed by atoms with E-state index in [0.717, 1.165) is 12.1 Å². The van der Waals surface area contributed by atoms with Gasteiger partial charge in [0.25, 0.3) is 0 Å². The summed E-state index contributed by atoms with van der Waals surface area (Å²) in [4.78, 5) is 9.84. The number of halogens is 4. The Kier molecular flexibility index (Phi) is 6.53. The monoisotopic (exact) mass is 370 g/mol. The maximum atomic E-state index is 12.7. The van der Waals surface area contributed by atoms with Crippen molar-refractivity contribution in [3.63, 3.8) is 0 Å². The summed E-state index contributed by atoms with van der Waals surface area (Å²) in [6, 6.07) is 5.95. The van der Waals surface area contributed by atoms with E-state index in [0.29, 0.717) is 0 Å². The van der Waals surface area contributed by atoms with Crippen LogP contribution in [0.2, 0.25) is 0 Å².